The lowest BCUT2D eigenvalue weighted by Gasteiger charge is -2.35. The Balaban J connectivity index is 1.15. The van der Waals surface area contributed by atoms with E-state index in [4.69, 9.17) is 27.9 Å². The van der Waals surface area contributed by atoms with E-state index in [0.717, 1.165) is 44.8 Å². The van der Waals surface area contributed by atoms with Crippen LogP contribution < -0.4 is 10.1 Å². The van der Waals surface area contributed by atoms with Gasteiger partial charge in [0, 0.05) is 50.9 Å². The third-order valence-corrected chi connectivity index (χ3v) is 7.61. The minimum absolute atomic E-state index is 0.133. The van der Waals surface area contributed by atoms with Crippen LogP contribution >= 0.6 is 23.2 Å². The summed E-state index contributed by atoms with van der Waals surface area (Å²) in [6.07, 6.45) is 1.53. The summed E-state index contributed by atoms with van der Waals surface area (Å²) in [6, 6.07) is 22.5. The predicted molar refractivity (Wildman–Crippen MR) is 158 cm³/mol. The average molecular weight is 580 g/mol. The summed E-state index contributed by atoms with van der Waals surface area (Å²) in [4.78, 5) is 9.17. The quantitative estimate of drug-likeness (QED) is 0.265. The molecule has 1 fully saturated rings. The molecule has 0 aliphatic carbocycles. The van der Waals surface area contributed by atoms with Gasteiger partial charge < -0.3 is 20.1 Å². The normalized spacial score (nSPS) is 15.2. The number of hydrogen-bond acceptors (Lipinski definition) is 8. The van der Waals surface area contributed by atoms with Gasteiger partial charge in [-0.15, -0.1) is 5.10 Å². The number of phenols is 1. The number of benzene rings is 3. The van der Waals surface area contributed by atoms with Crippen molar-refractivity contribution in [3.05, 3.63) is 99.7 Å². The van der Waals surface area contributed by atoms with E-state index in [9.17, 15) is 5.11 Å². The Morgan fingerprint density at radius 2 is 1.60 bits per heavy atom. The molecule has 1 aliphatic rings. The van der Waals surface area contributed by atoms with E-state index in [1.165, 1.54) is 17.3 Å². The van der Waals surface area contributed by atoms with Crippen LogP contribution in [0.5, 0.6) is 11.8 Å². The van der Waals surface area contributed by atoms with E-state index >= 15 is 0 Å². The van der Waals surface area contributed by atoms with Crippen molar-refractivity contribution in [1.29, 1.82) is 0 Å². The van der Waals surface area contributed by atoms with Crippen LogP contribution in [0, 0.1) is 0 Å². The first-order valence-electron chi connectivity index (χ1n) is 13.2. The molecule has 10 heteroatoms. The molecule has 0 radical (unpaired) electrons. The van der Waals surface area contributed by atoms with Gasteiger partial charge in [0.2, 0.25) is 0 Å². The molecular formula is C30H32Cl2N6O2. The maximum absolute atomic E-state index is 9.74. The number of piperazine rings is 1. The topological polar surface area (TPSA) is 86.6 Å². The molecule has 0 amide bonds. The van der Waals surface area contributed by atoms with Gasteiger partial charge in [-0.2, -0.15) is 0 Å². The Labute approximate surface area is 244 Å². The molecule has 2 N–H and O–H groups in total. The second-order valence-electron chi connectivity index (χ2n) is 9.97. The summed E-state index contributed by atoms with van der Waals surface area (Å²) in [5.41, 5.74) is 4.58. The van der Waals surface area contributed by atoms with Crippen molar-refractivity contribution in [3.8, 4) is 23.0 Å². The van der Waals surface area contributed by atoms with Gasteiger partial charge in [0.1, 0.15) is 12.3 Å². The number of aromatic hydroxyl groups is 1. The van der Waals surface area contributed by atoms with Crippen LogP contribution in [0.3, 0.4) is 0 Å². The highest BCUT2D eigenvalue weighted by molar-refractivity contribution is 6.37. The smallest absolute Gasteiger partial charge is 0.336 e. The van der Waals surface area contributed by atoms with Crippen molar-refractivity contribution < 1.29 is 9.84 Å². The van der Waals surface area contributed by atoms with Crippen LogP contribution in [0.2, 0.25) is 10.0 Å². The summed E-state index contributed by atoms with van der Waals surface area (Å²) >= 11 is 12.0. The monoisotopic (exact) mass is 578 g/mol. The molecule has 0 bridgehead atoms. The summed E-state index contributed by atoms with van der Waals surface area (Å²) in [6.45, 7) is 6.49. The second kappa shape index (κ2) is 13.4. The second-order valence-corrected chi connectivity index (χ2v) is 10.8. The molecule has 8 nitrogen and oxygen atoms in total. The number of aromatic nitrogens is 3. The first-order valence-corrected chi connectivity index (χ1v) is 14.0. The molecule has 40 heavy (non-hydrogen) atoms. The number of nitrogens with one attached hydrogen (secondary N) is 1. The lowest BCUT2D eigenvalue weighted by atomic mass is 10.0. The van der Waals surface area contributed by atoms with E-state index in [2.05, 4.69) is 91.9 Å². The molecule has 0 saturated carbocycles. The Morgan fingerprint density at radius 3 is 2.25 bits per heavy atom. The standard InChI is InChI=1S/C30H32Cl2N6O2/c1-37-11-13-38(14-12-37)19-28(23-5-3-2-4-6-23)33-17-21-7-9-22(10-8-21)20-40-30-34-18-27(35-36-30)24-15-25(31)29(39)26(32)16-24/h2-10,15-16,18,28,33,39H,11-14,17,19-20H2,1H3. The minimum atomic E-state index is -0.170. The van der Waals surface area contributed by atoms with Crippen LogP contribution in [0.25, 0.3) is 11.3 Å². The highest BCUT2D eigenvalue weighted by Crippen LogP contribution is 2.35. The zero-order chi connectivity index (χ0) is 27.9. The molecule has 208 valence electrons. The average Bonchev–Trinajstić information content (AvgIpc) is 2.99. The fourth-order valence-electron chi connectivity index (χ4n) is 4.58. The Hall–Kier alpha value is -3.27. The molecule has 1 atom stereocenters. The van der Waals surface area contributed by atoms with Gasteiger partial charge in [-0.1, -0.05) is 82.9 Å². The molecular weight excluding hydrogens is 547 g/mol. The van der Waals surface area contributed by atoms with Crippen LogP contribution in [-0.2, 0) is 13.2 Å². The number of halogens is 2. The van der Waals surface area contributed by atoms with Crippen molar-refractivity contribution in [3.63, 3.8) is 0 Å². The zero-order valence-corrected chi connectivity index (χ0v) is 23.8. The lowest BCUT2D eigenvalue weighted by Crippen LogP contribution is -2.47. The van der Waals surface area contributed by atoms with Crippen molar-refractivity contribution in [1.82, 2.24) is 30.3 Å². The van der Waals surface area contributed by atoms with E-state index in [1.54, 1.807) is 12.1 Å². The maximum Gasteiger partial charge on any atom is 0.336 e. The molecule has 0 spiro atoms. The number of hydrogen-bond donors (Lipinski definition) is 2. The fourth-order valence-corrected chi connectivity index (χ4v) is 5.07. The number of phenolic OH excluding ortho intramolecular Hbond substituents is 1. The highest BCUT2D eigenvalue weighted by atomic mass is 35.5. The lowest BCUT2D eigenvalue weighted by molar-refractivity contribution is 0.142. The van der Waals surface area contributed by atoms with Crippen molar-refractivity contribution >= 4 is 23.2 Å². The Bertz CT molecular complexity index is 1360. The van der Waals surface area contributed by atoms with Crippen LogP contribution in [0.1, 0.15) is 22.7 Å². The maximum atomic E-state index is 9.74. The van der Waals surface area contributed by atoms with Crippen LogP contribution in [0.15, 0.2) is 72.9 Å². The molecule has 1 aromatic heterocycles. The molecule has 5 rings (SSSR count). The summed E-state index contributed by atoms with van der Waals surface area (Å²) in [7, 11) is 2.19. The SMILES string of the molecule is CN1CCN(CC(NCc2ccc(COc3ncc(-c4cc(Cl)c(O)c(Cl)c4)nn3)cc2)c2ccccc2)CC1. The van der Waals surface area contributed by atoms with Gasteiger partial charge >= 0.3 is 6.01 Å². The first kappa shape index (κ1) is 28.3. The van der Waals surface area contributed by atoms with E-state index in [1.807, 2.05) is 0 Å². The van der Waals surface area contributed by atoms with E-state index < -0.39 is 0 Å². The number of rotatable bonds is 10. The minimum Gasteiger partial charge on any atom is -0.505 e. The molecule has 1 aliphatic heterocycles. The zero-order valence-electron chi connectivity index (χ0n) is 22.3. The van der Waals surface area contributed by atoms with E-state index in [-0.39, 0.29) is 27.8 Å². The third-order valence-electron chi connectivity index (χ3n) is 7.04. The highest BCUT2D eigenvalue weighted by Gasteiger charge is 2.19. The first-order chi connectivity index (χ1) is 19.4. The van der Waals surface area contributed by atoms with Gasteiger partial charge in [-0.05, 0) is 35.9 Å². The number of ether oxygens (including phenoxy) is 1. The van der Waals surface area contributed by atoms with E-state index in [0.29, 0.717) is 17.9 Å². The Morgan fingerprint density at radius 1 is 0.925 bits per heavy atom. The van der Waals surface area contributed by atoms with Crippen LogP contribution in [0.4, 0.5) is 0 Å². The molecule has 4 aromatic rings. The van der Waals surface area contributed by atoms with Gasteiger partial charge in [0.05, 0.1) is 16.2 Å². The van der Waals surface area contributed by atoms with Gasteiger partial charge in [-0.3, -0.25) is 4.90 Å². The van der Waals surface area contributed by atoms with Gasteiger partial charge in [-0.25, -0.2) is 4.98 Å². The Kier molecular flexibility index (Phi) is 9.46. The van der Waals surface area contributed by atoms with Crippen LogP contribution in [-0.4, -0.2) is 69.9 Å². The predicted octanol–water partition coefficient (Wildman–Crippen LogP) is 5.21. The molecule has 1 saturated heterocycles. The summed E-state index contributed by atoms with van der Waals surface area (Å²) in [5.74, 6) is -0.170. The number of likely N-dealkylation sites (N-methyl/N-ethyl adjacent to an activating group) is 1. The summed E-state index contributed by atoms with van der Waals surface area (Å²) in [5, 5.41) is 22.0. The van der Waals surface area contributed by atoms with Gasteiger partial charge in [0.25, 0.3) is 0 Å². The molecule has 2 heterocycles. The largest absolute Gasteiger partial charge is 0.505 e. The summed E-state index contributed by atoms with van der Waals surface area (Å²) < 4.78 is 5.74. The molecule has 1 unspecified atom stereocenters. The van der Waals surface area contributed by atoms with Crippen molar-refractivity contribution in [2.75, 3.05) is 39.8 Å². The van der Waals surface area contributed by atoms with Gasteiger partial charge in [0.15, 0.2) is 5.75 Å². The van der Waals surface area contributed by atoms with Crippen molar-refractivity contribution in [2.45, 2.75) is 19.2 Å². The third kappa shape index (κ3) is 7.47. The molecule has 3 aromatic carbocycles. The fraction of sp³-hybridized carbons (Fsp3) is 0.300. The number of nitrogens with zero attached hydrogens (tertiary/aromatic N) is 5. The van der Waals surface area contributed by atoms with Crippen molar-refractivity contribution in [2.24, 2.45) is 0 Å².